The van der Waals surface area contributed by atoms with E-state index in [4.69, 9.17) is 30.3 Å². The van der Waals surface area contributed by atoms with E-state index in [0.29, 0.717) is 0 Å². The molecule has 0 bridgehead atoms. The number of aliphatic carboxylic acids is 4. The second kappa shape index (κ2) is 9.62. The van der Waals surface area contributed by atoms with Crippen molar-refractivity contribution >= 4 is 46.9 Å². The average molecular weight is 278 g/mol. The number of carboxylic acid groups (broad SMARTS) is 4. The van der Waals surface area contributed by atoms with E-state index in [2.05, 4.69) is 0 Å². The van der Waals surface area contributed by atoms with Gasteiger partial charge in [-0.05, 0) is 0 Å². The zero-order valence-corrected chi connectivity index (χ0v) is 8.78. The summed E-state index contributed by atoms with van der Waals surface area (Å²) in [7, 11) is 0. The van der Waals surface area contributed by atoms with Crippen molar-refractivity contribution in [1.82, 2.24) is 0 Å². The summed E-state index contributed by atoms with van der Waals surface area (Å²) in [6.07, 6.45) is -2.29. The molecule has 0 atom stereocenters. The van der Waals surface area contributed by atoms with Crippen molar-refractivity contribution in [1.29, 1.82) is 0 Å². The highest BCUT2D eigenvalue weighted by Gasteiger charge is 2.40. The van der Waals surface area contributed by atoms with Crippen molar-refractivity contribution in [3.05, 3.63) is 0 Å². The van der Waals surface area contributed by atoms with E-state index in [0.717, 1.165) is 6.92 Å². The third-order valence-electron chi connectivity index (χ3n) is 1.29. The van der Waals surface area contributed by atoms with Crippen LogP contribution in [0.3, 0.4) is 0 Å². The summed E-state index contributed by atoms with van der Waals surface area (Å²) in [5, 5.41) is 41.2. The van der Waals surface area contributed by atoms with Gasteiger partial charge >= 0.3 is 41.0 Å². The highest BCUT2D eigenvalue weighted by atomic mass is 24.3. The molecule has 0 saturated heterocycles. The lowest BCUT2D eigenvalue weighted by Gasteiger charge is -2.18. The Bertz CT molecular complexity index is 305. The van der Waals surface area contributed by atoms with Crippen LogP contribution in [-0.2, 0) is 19.2 Å². The van der Waals surface area contributed by atoms with Gasteiger partial charge < -0.3 is 25.5 Å². The molecule has 0 radical (unpaired) electrons. The van der Waals surface area contributed by atoms with Crippen LogP contribution in [0, 0.1) is 0 Å². The predicted molar refractivity (Wildman–Crippen MR) is 58.9 cm³/mol. The number of rotatable bonds is 5. The molecular weight excluding hydrogens is 264 g/mol. The molecule has 0 aromatic heterocycles. The highest BCUT2D eigenvalue weighted by molar-refractivity contribution is 5.88. The molecule has 0 unspecified atom stereocenters. The maximum atomic E-state index is 10.3. The maximum Gasteiger partial charge on any atom is 0.336 e. The fourth-order valence-electron chi connectivity index (χ4n) is 0.714. The number of hydrogen-bond donors (Lipinski definition) is 5. The van der Waals surface area contributed by atoms with Crippen molar-refractivity contribution in [3.63, 3.8) is 0 Å². The average Bonchev–Trinajstić information content (AvgIpc) is 1.98. The number of hydrogen-bond acceptors (Lipinski definition) is 5. The van der Waals surface area contributed by atoms with E-state index >= 15 is 0 Å². The lowest BCUT2D eigenvalue weighted by Crippen LogP contribution is -2.42. The summed E-state index contributed by atoms with van der Waals surface area (Å²) < 4.78 is 0. The molecule has 0 aliphatic heterocycles. The van der Waals surface area contributed by atoms with Gasteiger partial charge in [-0.25, -0.2) is 4.79 Å². The van der Waals surface area contributed by atoms with Crippen LogP contribution in [0.25, 0.3) is 0 Å². The minimum Gasteiger partial charge on any atom is -0.481 e. The van der Waals surface area contributed by atoms with Crippen LogP contribution >= 0.6 is 0 Å². The minimum absolute atomic E-state index is 0. The number of aliphatic hydroxyl groups is 1. The van der Waals surface area contributed by atoms with E-state index in [-0.39, 0.29) is 23.1 Å². The zero-order chi connectivity index (χ0) is 14.2. The SMILES string of the molecule is CC(=O)O.O=C(O)CC(O)(CC(=O)O)C(=O)O.[MgH2]. The van der Waals surface area contributed by atoms with Crippen molar-refractivity contribution in [3.8, 4) is 0 Å². The lowest BCUT2D eigenvalue weighted by molar-refractivity contribution is -0.170. The monoisotopic (exact) mass is 278 g/mol. The van der Waals surface area contributed by atoms with Gasteiger partial charge in [0, 0.05) is 6.92 Å². The first-order valence-corrected chi connectivity index (χ1v) is 4.10. The molecule has 10 heteroatoms. The Labute approximate surface area is 117 Å². The van der Waals surface area contributed by atoms with Crippen LogP contribution in [0.15, 0.2) is 0 Å². The summed E-state index contributed by atoms with van der Waals surface area (Å²) in [5.41, 5.74) is -2.74. The molecule has 18 heavy (non-hydrogen) atoms. The normalized spacial score (nSPS) is 9.22. The van der Waals surface area contributed by atoms with Crippen LogP contribution in [0.1, 0.15) is 19.8 Å². The lowest BCUT2D eigenvalue weighted by atomic mass is 9.96. The molecule has 0 aromatic rings. The van der Waals surface area contributed by atoms with Crippen molar-refractivity contribution < 1.29 is 44.7 Å². The molecule has 0 spiro atoms. The van der Waals surface area contributed by atoms with E-state index in [1.807, 2.05) is 0 Å². The molecule has 0 aliphatic rings. The summed E-state index contributed by atoms with van der Waals surface area (Å²) >= 11 is 0. The topological polar surface area (TPSA) is 169 Å². The number of carboxylic acids is 4. The van der Waals surface area contributed by atoms with Crippen LogP contribution in [0.5, 0.6) is 0 Å². The third kappa shape index (κ3) is 12.7. The van der Waals surface area contributed by atoms with Gasteiger partial charge in [0.25, 0.3) is 5.97 Å². The Balaban J connectivity index is -0.000000392. The molecule has 9 nitrogen and oxygen atoms in total. The van der Waals surface area contributed by atoms with Gasteiger partial charge in [0.1, 0.15) is 0 Å². The Morgan fingerprint density at radius 1 is 0.889 bits per heavy atom. The molecule has 0 heterocycles. The maximum absolute atomic E-state index is 10.3. The second-order valence-electron chi connectivity index (χ2n) is 3.00. The summed E-state index contributed by atoms with van der Waals surface area (Å²) in [4.78, 5) is 39.5. The van der Waals surface area contributed by atoms with Crippen molar-refractivity contribution in [2.24, 2.45) is 0 Å². The quantitative estimate of drug-likeness (QED) is 0.354. The van der Waals surface area contributed by atoms with Crippen molar-refractivity contribution in [2.45, 2.75) is 25.4 Å². The molecular formula is C8H14MgO9. The van der Waals surface area contributed by atoms with Crippen molar-refractivity contribution in [2.75, 3.05) is 0 Å². The smallest absolute Gasteiger partial charge is 0.336 e. The predicted octanol–water partition coefficient (Wildman–Crippen LogP) is -2.07. The fourth-order valence-corrected chi connectivity index (χ4v) is 0.714. The summed E-state index contributed by atoms with van der Waals surface area (Å²) in [6.45, 7) is 1.08. The van der Waals surface area contributed by atoms with Gasteiger partial charge in [0.2, 0.25) is 0 Å². The molecule has 0 aromatic carbocycles. The third-order valence-corrected chi connectivity index (χ3v) is 1.29. The van der Waals surface area contributed by atoms with E-state index in [1.165, 1.54) is 0 Å². The van der Waals surface area contributed by atoms with Crippen LogP contribution in [0.2, 0.25) is 0 Å². The van der Waals surface area contributed by atoms with Gasteiger partial charge in [-0.15, -0.1) is 0 Å². The summed E-state index contributed by atoms with van der Waals surface area (Å²) in [6, 6.07) is 0. The van der Waals surface area contributed by atoms with Gasteiger partial charge in [-0.3, -0.25) is 14.4 Å². The molecule has 0 saturated carbocycles. The molecule has 0 amide bonds. The van der Waals surface area contributed by atoms with Gasteiger partial charge in [-0.1, -0.05) is 0 Å². The van der Waals surface area contributed by atoms with Gasteiger partial charge in [0.05, 0.1) is 12.8 Å². The van der Waals surface area contributed by atoms with E-state index < -0.39 is 42.3 Å². The Morgan fingerprint density at radius 3 is 1.22 bits per heavy atom. The first kappa shape index (κ1) is 21.8. The highest BCUT2D eigenvalue weighted by Crippen LogP contribution is 2.15. The molecule has 0 aliphatic carbocycles. The largest absolute Gasteiger partial charge is 0.481 e. The van der Waals surface area contributed by atoms with Gasteiger partial charge in [-0.2, -0.15) is 0 Å². The Morgan fingerprint density at radius 2 is 1.11 bits per heavy atom. The molecule has 0 rings (SSSR count). The summed E-state index contributed by atoms with van der Waals surface area (Å²) in [5.74, 6) is -5.85. The fraction of sp³-hybridized carbons (Fsp3) is 0.500. The Hall–Kier alpha value is -1.39. The molecule has 5 N–H and O–H groups in total. The standard InChI is InChI=1S/C6H8O7.C2H4O2.Mg.2H/c7-3(8)1-6(13,5(11)12)2-4(9)10;1-2(3)4;;;/h13H,1-2H2,(H,7,8)(H,9,10)(H,11,12);1H3,(H,3,4);;;. The number of carbonyl (C=O) groups is 4. The molecule has 102 valence electrons. The van der Waals surface area contributed by atoms with Gasteiger partial charge in [0.15, 0.2) is 5.60 Å². The second-order valence-corrected chi connectivity index (χ2v) is 3.00. The molecule has 0 fully saturated rings. The minimum atomic E-state index is -2.74. The zero-order valence-electron chi connectivity index (χ0n) is 8.78. The van der Waals surface area contributed by atoms with E-state index in [9.17, 15) is 14.4 Å². The van der Waals surface area contributed by atoms with Crippen LogP contribution in [-0.4, -0.2) is 78.1 Å². The van der Waals surface area contributed by atoms with Crippen LogP contribution in [0.4, 0.5) is 0 Å². The van der Waals surface area contributed by atoms with E-state index in [1.54, 1.807) is 0 Å². The first-order valence-electron chi connectivity index (χ1n) is 4.10. The Kier molecular flexibility index (Phi) is 11.7. The van der Waals surface area contributed by atoms with Crippen LogP contribution < -0.4 is 0 Å². The first-order chi connectivity index (χ1) is 7.51.